The van der Waals surface area contributed by atoms with Crippen molar-refractivity contribution >= 4 is 0 Å². The molecule has 2 nitrogen and oxygen atoms in total. The summed E-state index contributed by atoms with van der Waals surface area (Å²) in [5.74, 6) is 1.03. The summed E-state index contributed by atoms with van der Waals surface area (Å²) in [4.78, 5) is 2.81. The highest BCUT2D eigenvalue weighted by molar-refractivity contribution is 4.95. The summed E-state index contributed by atoms with van der Waals surface area (Å²) in [6.07, 6.45) is 7.13. The largest absolute Gasteiger partial charge is 0.313 e. The van der Waals surface area contributed by atoms with E-state index in [1.807, 2.05) is 0 Å². The lowest BCUT2D eigenvalue weighted by atomic mass is 10.0. The van der Waals surface area contributed by atoms with Crippen molar-refractivity contribution in [3.05, 3.63) is 0 Å². The average Bonchev–Trinajstić information content (AvgIpc) is 2.85. The zero-order chi connectivity index (χ0) is 11.5. The zero-order valence-corrected chi connectivity index (χ0v) is 11.2. The van der Waals surface area contributed by atoms with E-state index in [0.717, 1.165) is 18.0 Å². The van der Waals surface area contributed by atoms with Crippen molar-refractivity contribution in [2.24, 2.45) is 5.92 Å². The number of hydrogen-bond acceptors (Lipinski definition) is 2. The van der Waals surface area contributed by atoms with Crippen LogP contribution in [-0.4, -0.2) is 36.1 Å². The standard InChI is InChI=1S/C14H28N2/c1-4-5-14(9-15-11(2)3)16-10-12-6-7-13(16)8-12/h11-15H,4-10H2,1-3H3. The molecule has 1 aliphatic heterocycles. The van der Waals surface area contributed by atoms with Gasteiger partial charge >= 0.3 is 0 Å². The molecule has 0 aromatic heterocycles. The maximum atomic E-state index is 3.63. The highest BCUT2D eigenvalue weighted by atomic mass is 15.2. The van der Waals surface area contributed by atoms with Gasteiger partial charge in [-0.3, -0.25) is 4.90 Å². The number of hydrogen-bond donors (Lipinski definition) is 1. The predicted molar refractivity (Wildman–Crippen MR) is 69.7 cm³/mol. The Morgan fingerprint density at radius 1 is 1.31 bits per heavy atom. The Kier molecular flexibility index (Phi) is 4.26. The molecule has 3 atom stereocenters. The minimum absolute atomic E-state index is 0.624. The molecule has 94 valence electrons. The first-order chi connectivity index (χ1) is 7.70. The normalized spacial score (nSPS) is 31.5. The molecule has 1 aliphatic carbocycles. The number of piperidine rings is 1. The molecule has 2 rings (SSSR count). The number of nitrogens with one attached hydrogen (secondary N) is 1. The van der Waals surface area contributed by atoms with Crippen LogP contribution in [0.5, 0.6) is 0 Å². The third kappa shape index (κ3) is 2.78. The Morgan fingerprint density at radius 2 is 2.12 bits per heavy atom. The molecule has 1 saturated carbocycles. The van der Waals surface area contributed by atoms with Gasteiger partial charge < -0.3 is 5.32 Å². The van der Waals surface area contributed by atoms with Crippen molar-refractivity contribution in [1.82, 2.24) is 10.2 Å². The van der Waals surface area contributed by atoms with Crippen molar-refractivity contribution in [2.45, 2.75) is 71.0 Å². The quantitative estimate of drug-likeness (QED) is 0.746. The molecule has 0 spiro atoms. The van der Waals surface area contributed by atoms with E-state index in [9.17, 15) is 0 Å². The van der Waals surface area contributed by atoms with Gasteiger partial charge in [0.05, 0.1) is 0 Å². The highest BCUT2D eigenvalue weighted by Gasteiger charge is 2.40. The molecule has 2 fully saturated rings. The number of nitrogens with zero attached hydrogens (tertiary/aromatic N) is 1. The van der Waals surface area contributed by atoms with E-state index < -0.39 is 0 Å². The average molecular weight is 224 g/mol. The maximum Gasteiger partial charge on any atom is 0.0223 e. The fraction of sp³-hybridized carbons (Fsp3) is 1.00. The fourth-order valence-electron chi connectivity index (χ4n) is 3.50. The smallest absolute Gasteiger partial charge is 0.0223 e. The van der Waals surface area contributed by atoms with E-state index in [-0.39, 0.29) is 0 Å². The second kappa shape index (κ2) is 5.50. The third-order valence-corrected chi connectivity index (χ3v) is 4.30. The van der Waals surface area contributed by atoms with Crippen molar-refractivity contribution in [1.29, 1.82) is 0 Å². The first-order valence-corrected chi connectivity index (χ1v) is 7.19. The SMILES string of the molecule is CCCC(CNC(C)C)N1CC2CCC1C2. The molecule has 16 heavy (non-hydrogen) atoms. The van der Waals surface area contributed by atoms with Crippen LogP contribution < -0.4 is 5.32 Å². The summed E-state index contributed by atoms with van der Waals surface area (Å²) < 4.78 is 0. The molecule has 0 amide bonds. The minimum atomic E-state index is 0.624. The lowest BCUT2D eigenvalue weighted by molar-refractivity contribution is 0.136. The second-order valence-corrected chi connectivity index (χ2v) is 6.04. The van der Waals surface area contributed by atoms with Crippen LogP contribution in [0.1, 0.15) is 52.9 Å². The molecule has 2 aliphatic rings. The Bertz CT molecular complexity index is 215. The summed E-state index contributed by atoms with van der Waals surface area (Å²) >= 11 is 0. The zero-order valence-electron chi connectivity index (χ0n) is 11.2. The van der Waals surface area contributed by atoms with Gasteiger partial charge in [0, 0.05) is 31.2 Å². The van der Waals surface area contributed by atoms with Crippen molar-refractivity contribution in [3.8, 4) is 0 Å². The summed E-state index contributed by atoms with van der Waals surface area (Å²) in [5.41, 5.74) is 0. The van der Waals surface area contributed by atoms with Crippen molar-refractivity contribution in [3.63, 3.8) is 0 Å². The van der Waals surface area contributed by atoms with Crippen molar-refractivity contribution in [2.75, 3.05) is 13.1 Å². The Morgan fingerprint density at radius 3 is 2.62 bits per heavy atom. The van der Waals surface area contributed by atoms with Crippen LogP contribution in [0.15, 0.2) is 0 Å². The first-order valence-electron chi connectivity index (χ1n) is 7.19. The molecule has 3 unspecified atom stereocenters. The van der Waals surface area contributed by atoms with Crippen LogP contribution in [0.2, 0.25) is 0 Å². The van der Waals surface area contributed by atoms with E-state index >= 15 is 0 Å². The monoisotopic (exact) mass is 224 g/mol. The summed E-state index contributed by atoms with van der Waals surface area (Å²) in [5, 5.41) is 3.63. The maximum absolute atomic E-state index is 3.63. The van der Waals surface area contributed by atoms with Gasteiger partial charge in [-0.05, 0) is 31.6 Å². The molecule has 1 heterocycles. The van der Waals surface area contributed by atoms with Crippen LogP contribution in [0, 0.1) is 5.92 Å². The fourth-order valence-corrected chi connectivity index (χ4v) is 3.50. The van der Waals surface area contributed by atoms with Crippen LogP contribution in [-0.2, 0) is 0 Å². The molecule has 0 aromatic carbocycles. The van der Waals surface area contributed by atoms with Gasteiger partial charge in [-0.25, -0.2) is 0 Å². The van der Waals surface area contributed by atoms with Gasteiger partial charge in [0.1, 0.15) is 0 Å². The lowest BCUT2D eigenvalue weighted by Gasteiger charge is -2.35. The highest BCUT2D eigenvalue weighted by Crippen LogP contribution is 2.39. The van der Waals surface area contributed by atoms with E-state index in [2.05, 4.69) is 31.0 Å². The molecule has 1 N–H and O–H groups in total. The van der Waals surface area contributed by atoms with Gasteiger partial charge in [0.25, 0.3) is 0 Å². The second-order valence-electron chi connectivity index (χ2n) is 6.04. The molecular weight excluding hydrogens is 196 g/mol. The Labute approximate surface area is 101 Å². The Balaban J connectivity index is 1.86. The summed E-state index contributed by atoms with van der Waals surface area (Å²) in [6.45, 7) is 9.39. The molecule has 2 heteroatoms. The van der Waals surface area contributed by atoms with Gasteiger partial charge in [-0.2, -0.15) is 0 Å². The number of likely N-dealkylation sites (tertiary alicyclic amines) is 1. The lowest BCUT2D eigenvalue weighted by Crippen LogP contribution is -2.47. The first kappa shape index (κ1) is 12.4. The van der Waals surface area contributed by atoms with E-state index in [1.165, 1.54) is 45.2 Å². The van der Waals surface area contributed by atoms with Crippen LogP contribution >= 0.6 is 0 Å². The predicted octanol–water partition coefficient (Wildman–Crippen LogP) is 2.64. The summed E-state index contributed by atoms with van der Waals surface area (Å²) in [7, 11) is 0. The van der Waals surface area contributed by atoms with Gasteiger partial charge in [-0.1, -0.05) is 27.2 Å². The summed E-state index contributed by atoms with van der Waals surface area (Å²) in [6, 6.07) is 2.34. The third-order valence-electron chi connectivity index (χ3n) is 4.30. The van der Waals surface area contributed by atoms with Gasteiger partial charge in [-0.15, -0.1) is 0 Å². The van der Waals surface area contributed by atoms with E-state index in [4.69, 9.17) is 0 Å². The van der Waals surface area contributed by atoms with Crippen LogP contribution in [0.3, 0.4) is 0 Å². The molecule has 0 aromatic rings. The molecule has 2 bridgehead atoms. The van der Waals surface area contributed by atoms with E-state index in [0.29, 0.717) is 6.04 Å². The molecular formula is C14H28N2. The van der Waals surface area contributed by atoms with E-state index in [1.54, 1.807) is 0 Å². The van der Waals surface area contributed by atoms with Crippen molar-refractivity contribution < 1.29 is 0 Å². The molecule has 0 radical (unpaired) electrons. The van der Waals surface area contributed by atoms with Gasteiger partial charge in [0.2, 0.25) is 0 Å². The Hall–Kier alpha value is -0.0800. The topological polar surface area (TPSA) is 15.3 Å². The van der Waals surface area contributed by atoms with Crippen LogP contribution in [0.25, 0.3) is 0 Å². The van der Waals surface area contributed by atoms with Gasteiger partial charge in [0.15, 0.2) is 0 Å². The van der Waals surface area contributed by atoms with Crippen LogP contribution in [0.4, 0.5) is 0 Å². The molecule has 1 saturated heterocycles. The minimum Gasteiger partial charge on any atom is -0.313 e. The number of rotatable bonds is 6. The number of fused-ring (bicyclic) bond motifs is 2.